The molecular weight excluding hydrogens is 194 g/mol. The van der Waals surface area contributed by atoms with Crippen LogP contribution in [-0.4, -0.2) is 6.04 Å². The quantitative estimate of drug-likeness (QED) is 0.793. The Bertz CT molecular complexity index is 352. The maximum absolute atomic E-state index is 3.65. The van der Waals surface area contributed by atoms with Crippen molar-refractivity contribution in [2.45, 2.75) is 52.5 Å². The summed E-state index contributed by atoms with van der Waals surface area (Å²) in [5, 5.41) is 3.65. The lowest BCUT2D eigenvalue weighted by molar-refractivity contribution is 0.286. The highest BCUT2D eigenvalue weighted by Gasteiger charge is 2.19. The zero-order valence-electron chi connectivity index (χ0n) is 10.7. The molecule has 1 saturated carbocycles. The van der Waals surface area contributed by atoms with E-state index >= 15 is 0 Å². The van der Waals surface area contributed by atoms with Gasteiger partial charge in [-0.2, -0.15) is 0 Å². The lowest BCUT2D eigenvalue weighted by Gasteiger charge is -2.29. The van der Waals surface area contributed by atoms with Crippen LogP contribution in [0.5, 0.6) is 0 Å². The maximum atomic E-state index is 3.65. The summed E-state index contributed by atoms with van der Waals surface area (Å²) in [6.07, 6.45) is 5.66. The monoisotopic (exact) mass is 217 g/mol. The lowest BCUT2D eigenvalue weighted by Crippen LogP contribution is -2.23. The van der Waals surface area contributed by atoms with Gasteiger partial charge in [-0.05, 0) is 50.3 Å². The molecule has 1 aliphatic carbocycles. The van der Waals surface area contributed by atoms with E-state index in [4.69, 9.17) is 0 Å². The zero-order valence-corrected chi connectivity index (χ0v) is 10.7. The molecule has 1 fully saturated rings. The van der Waals surface area contributed by atoms with Crippen LogP contribution >= 0.6 is 0 Å². The summed E-state index contributed by atoms with van der Waals surface area (Å²) >= 11 is 0. The van der Waals surface area contributed by atoms with Gasteiger partial charge in [-0.25, -0.2) is 0 Å². The van der Waals surface area contributed by atoms with E-state index in [2.05, 4.69) is 44.3 Å². The molecule has 0 heterocycles. The standard InChI is InChI=1S/C15H23N/c1-11-6-4-9-15(13(11)3)16-12(2)10-14-7-5-8-14/h4,6,9,12,14,16H,5,7-8,10H2,1-3H3. The van der Waals surface area contributed by atoms with Gasteiger partial charge < -0.3 is 5.32 Å². The fourth-order valence-electron chi connectivity index (χ4n) is 2.46. The predicted octanol–water partition coefficient (Wildman–Crippen LogP) is 4.29. The minimum absolute atomic E-state index is 0.603. The molecule has 1 aromatic carbocycles. The van der Waals surface area contributed by atoms with Crippen LogP contribution in [0.25, 0.3) is 0 Å². The third-order valence-electron chi connectivity index (χ3n) is 3.92. The van der Waals surface area contributed by atoms with Gasteiger partial charge >= 0.3 is 0 Å². The molecule has 0 aromatic heterocycles. The molecule has 0 spiro atoms. The second kappa shape index (κ2) is 4.90. The number of benzene rings is 1. The second-order valence-electron chi connectivity index (χ2n) is 5.33. The van der Waals surface area contributed by atoms with Crippen molar-refractivity contribution in [1.82, 2.24) is 0 Å². The summed E-state index contributed by atoms with van der Waals surface area (Å²) in [4.78, 5) is 0. The van der Waals surface area contributed by atoms with Gasteiger partial charge in [0.2, 0.25) is 0 Å². The molecule has 0 radical (unpaired) electrons. The normalized spacial score (nSPS) is 17.9. The van der Waals surface area contributed by atoms with Crippen molar-refractivity contribution >= 4 is 5.69 Å². The molecule has 1 nitrogen and oxygen atoms in total. The van der Waals surface area contributed by atoms with Gasteiger partial charge in [-0.15, -0.1) is 0 Å². The molecule has 1 aliphatic rings. The first-order chi connectivity index (χ1) is 7.66. The minimum Gasteiger partial charge on any atom is -0.382 e. The topological polar surface area (TPSA) is 12.0 Å². The summed E-state index contributed by atoms with van der Waals surface area (Å²) in [5.74, 6) is 0.979. The van der Waals surface area contributed by atoms with E-state index in [-0.39, 0.29) is 0 Å². The van der Waals surface area contributed by atoms with Gasteiger partial charge in [0.1, 0.15) is 0 Å². The SMILES string of the molecule is Cc1cccc(NC(C)CC2CCC2)c1C. The summed E-state index contributed by atoms with van der Waals surface area (Å²) in [5.41, 5.74) is 4.08. The first kappa shape index (κ1) is 11.5. The van der Waals surface area contributed by atoms with Crippen LogP contribution in [0, 0.1) is 19.8 Å². The first-order valence-electron chi connectivity index (χ1n) is 6.49. The molecular formula is C15H23N. The molecule has 1 unspecified atom stereocenters. The van der Waals surface area contributed by atoms with E-state index in [0.29, 0.717) is 6.04 Å². The van der Waals surface area contributed by atoms with E-state index in [0.717, 1.165) is 5.92 Å². The highest BCUT2D eigenvalue weighted by molar-refractivity contribution is 5.54. The van der Waals surface area contributed by atoms with E-state index in [1.165, 1.54) is 42.5 Å². The predicted molar refractivity (Wildman–Crippen MR) is 71.0 cm³/mol. The number of aryl methyl sites for hydroxylation is 1. The molecule has 0 aliphatic heterocycles. The Hall–Kier alpha value is -0.980. The van der Waals surface area contributed by atoms with Gasteiger partial charge in [0.25, 0.3) is 0 Å². The number of hydrogen-bond acceptors (Lipinski definition) is 1. The molecule has 0 amide bonds. The third kappa shape index (κ3) is 2.58. The number of hydrogen-bond donors (Lipinski definition) is 1. The van der Waals surface area contributed by atoms with Gasteiger partial charge in [0.15, 0.2) is 0 Å². The van der Waals surface area contributed by atoms with Crippen molar-refractivity contribution in [3.8, 4) is 0 Å². The molecule has 16 heavy (non-hydrogen) atoms. The molecule has 88 valence electrons. The van der Waals surface area contributed by atoms with Crippen molar-refractivity contribution < 1.29 is 0 Å². The highest BCUT2D eigenvalue weighted by atomic mass is 14.9. The fourth-order valence-corrected chi connectivity index (χ4v) is 2.46. The molecule has 1 aromatic rings. The molecule has 1 N–H and O–H groups in total. The van der Waals surface area contributed by atoms with Gasteiger partial charge in [0.05, 0.1) is 0 Å². The van der Waals surface area contributed by atoms with Crippen molar-refractivity contribution in [3.05, 3.63) is 29.3 Å². The molecule has 1 atom stereocenters. The average Bonchev–Trinajstić information content (AvgIpc) is 2.19. The summed E-state index contributed by atoms with van der Waals surface area (Å²) < 4.78 is 0. The van der Waals surface area contributed by atoms with E-state index < -0.39 is 0 Å². The van der Waals surface area contributed by atoms with Gasteiger partial charge in [0, 0.05) is 11.7 Å². The number of nitrogens with one attached hydrogen (secondary N) is 1. The lowest BCUT2D eigenvalue weighted by atomic mass is 9.81. The van der Waals surface area contributed by atoms with Crippen LogP contribution < -0.4 is 5.32 Å². The minimum atomic E-state index is 0.603. The second-order valence-corrected chi connectivity index (χ2v) is 5.33. The van der Waals surface area contributed by atoms with E-state index in [1.54, 1.807) is 0 Å². The Morgan fingerprint density at radius 3 is 2.69 bits per heavy atom. The van der Waals surface area contributed by atoms with E-state index in [9.17, 15) is 0 Å². The Labute approximate surface area is 99.3 Å². The third-order valence-corrected chi connectivity index (χ3v) is 3.92. The largest absolute Gasteiger partial charge is 0.382 e. The highest BCUT2D eigenvalue weighted by Crippen LogP contribution is 2.31. The average molecular weight is 217 g/mol. The van der Waals surface area contributed by atoms with Crippen LogP contribution in [0.3, 0.4) is 0 Å². The first-order valence-corrected chi connectivity index (χ1v) is 6.49. The van der Waals surface area contributed by atoms with Crippen molar-refractivity contribution in [1.29, 1.82) is 0 Å². The summed E-state index contributed by atoms with van der Waals surface area (Å²) in [6, 6.07) is 7.11. The van der Waals surface area contributed by atoms with Crippen LogP contribution in [0.15, 0.2) is 18.2 Å². The Morgan fingerprint density at radius 2 is 2.06 bits per heavy atom. The Morgan fingerprint density at radius 1 is 1.31 bits per heavy atom. The number of anilines is 1. The van der Waals surface area contributed by atoms with Crippen molar-refractivity contribution in [2.75, 3.05) is 5.32 Å². The zero-order chi connectivity index (χ0) is 11.5. The van der Waals surface area contributed by atoms with Gasteiger partial charge in [-0.1, -0.05) is 31.4 Å². The molecule has 0 bridgehead atoms. The van der Waals surface area contributed by atoms with Crippen molar-refractivity contribution in [3.63, 3.8) is 0 Å². The maximum Gasteiger partial charge on any atom is 0.0374 e. The van der Waals surface area contributed by atoms with Crippen LogP contribution in [0.4, 0.5) is 5.69 Å². The molecule has 2 rings (SSSR count). The molecule has 1 heteroatoms. The van der Waals surface area contributed by atoms with Crippen LogP contribution in [-0.2, 0) is 0 Å². The Kier molecular flexibility index (Phi) is 3.52. The molecule has 0 saturated heterocycles. The Balaban J connectivity index is 1.94. The number of rotatable bonds is 4. The smallest absolute Gasteiger partial charge is 0.0374 e. The van der Waals surface area contributed by atoms with Crippen molar-refractivity contribution in [2.24, 2.45) is 5.92 Å². The van der Waals surface area contributed by atoms with Crippen LogP contribution in [0.2, 0.25) is 0 Å². The summed E-state index contributed by atoms with van der Waals surface area (Å²) in [7, 11) is 0. The van der Waals surface area contributed by atoms with Gasteiger partial charge in [-0.3, -0.25) is 0 Å². The van der Waals surface area contributed by atoms with Crippen LogP contribution in [0.1, 0.15) is 43.7 Å². The fraction of sp³-hybridized carbons (Fsp3) is 0.600. The summed E-state index contributed by atoms with van der Waals surface area (Å²) in [6.45, 7) is 6.69. The van der Waals surface area contributed by atoms with E-state index in [1.807, 2.05) is 0 Å².